The van der Waals surface area contributed by atoms with E-state index in [1.54, 1.807) is 7.05 Å². The van der Waals surface area contributed by atoms with Crippen molar-refractivity contribution in [1.29, 1.82) is 5.26 Å². The summed E-state index contributed by atoms with van der Waals surface area (Å²) in [4.78, 5) is 13.1. The van der Waals surface area contributed by atoms with Crippen LogP contribution >= 0.6 is 15.9 Å². The molecule has 0 saturated carbocycles. The fraction of sp³-hybridized carbons (Fsp3) is 0.385. The van der Waals surface area contributed by atoms with Crippen molar-refractivity contribution in [1.82, 2.24) is 4.90 Å². The van der Waals surface area contributed by atoms with E-state index in [1.165, 1.54) is 23.1 Å². The van der Waals surface area contributed by atoms with Gasteiger partial charge in [0.15, 0.2) is 0 Å². The molecule has 0 spiro atoms. The quantitative estimate of drug-likeness (QED) is 0.806. The smallest absolute Gasteiger partial charge is 0.225 e. The Morgan fingerprint density at radius 2 is 2.32 bits per heavy atom. The average molecular weight is 329 g/mol. The van der Waals surface area contributed by atoms with Gasteiger partial charge in [-0.25, -0.2) is 4.39 Å². The van der Waals surface area contributed by atoms with Gasteiger partial charge in [0.25, 0.3) is 0 Å². The van der Waals surface area contributed by atoms with E-state index >= 15 is 0 Å². The molecule has 1 rings (SSSR count). The molecule has 0 saturated heterocycles. The second-order valence-electron chi connectivity index (χ2n) is 3.90. The van der Waals surface area contributed by atoms with Gasteiger partial charge in [0.1, 0.15) is 11.6 Å². The molecular formula is C13H14BrFN2O2. The standard InChI is InChI=1S/C13H14BrFN2O2/c1-17(7-2-6-16)13(18)5-8-19-12-4-3-10(15)9-11(12)14/h3-4,9H,2,5,7-8H2,1H3. The van der Waals surface area contributed by atoms with Crippen LogP contribution in [0, 0.1) is 17.1 Å². The molecule has 0 aliphatic rings. The number of carbonyl (C=O) groups excluding carboxylic acids is 1. The lowest BCUT2D eigenvalue weighted by molar-refractivity contribution is -0.130. The van der Waals surface area contributed by atoms with Crippen molar-refractivity contribution >= 4 is 21.8 Å². The van der Waals surface area contributed by atoms with E-state index in [2.05, 4.69) is 15.9 Å². The minimum atomic E-state index is -0.355. The molecule has 1 aromatic rings. The van der Waals surface area contributed by atoms with Crippen molar-refractivity contribution in [2.24, 2.45) is 0 Å². The number of nitrogens with zero attached hydrogens (tertiary/aromatic N) is 2. The zero-order chi connectivity index (χ0) is 14.3. The van der Waals surface area contributed by atoms with E-state index in [0.717, 1.165) is 0 Å². The van der Waals surface area contributed by atoms with Gasteiger partial charge in [-0.15, -0.1) is 0 Å². The van der Waals surface area contributed by atoms with Crippen molar-refractivity contribution in [3.05, 3.63) is 28.5 Å². The molecule has 0 aliphatic carbocycles. The fourth-order valence-electron chi connectivity index (χ4n) is 1.37. The van der Waals surface area contributed by atoms with Gasteiger partial charge < -0.3 is 9.64 Å². The van der Waals surface area contributed by atoms with E-state index in [9.17, 15) is 9.18 Å². The molecule has 0 aliphatic heterocycles. The maximum atomic E-state index is 12.8. The first-order valence-corrected chi connectivity index (χ1v) is 6.52. The Morgan fingerprint density at radius 1 is 1.58 bits per heavy atom. The number of hydrogen-bond donors (Lipinski definition) is 0. The van der Waals surface area contributed by atoms with Crippen molar-refractivity contribution in [2.75, 3.05) is 20.2 Å². The summed E-state index contributed by atoms with van der Waals surface area (Å²) < 4.78 is 18.8. The van der Waals surface area contributed by atoms with Crippen molar-refractivity contribution in [2.45, 2.75) is 12.8 Å². The third-order valence-corrected chi connectivity index (χ3v) is 3.07. The van der Waals surface area contributed by atoms with E-state index in [1.807, 2.05) is 6.07 Å². The minimum Gasteiger partial charge on any atom is -0.492 e. The lowest BCUT2D eigenvalue weighted by atomic mass is 10.3. The largest absolute Gasteiger partial charge is 0.492 e. The predicted molar refractivity (Wildman–Crippen MR) is 72.1 cm³/mol. The molecule has 19 heavy (non-hydrogen) atoms. The van der Waals surface area contributed by atoms with Crippen LogP contribution in [0.25, 0.3) is 0 Å². The minimum absolute atomic E-state index is 0.0894. The first kappa shape index (κ1) is 15.4. The summed E-state index contributed by atoms with van der Waals surface area (Å²) in [5.41, 5.74) is 0. The van der Waals surface area contributed by atoms with E-state index in [-0.39, 0.29) is 24.8 Å². The molecule has 0 radical (unpaired) electrons. The molecule has 1 aromatic carbocycles. The normalized spacial score (nSPS) is 9.79. The SMILES string of the molecule is CN(CCC#N)C(=O)CCOc1ccc(F)cc1Br. The molecule has 0 unspecified atom stereocenters. The molecule has 1 amide bonds. The number of benzene rings is 1. The number of hydrogen-bond acceptors (Lipinski definition) is 3. The lowest BCUT2D eigenvalue weighted by Crippen LogP contribution is -2.28. The van der Waals surface area contributed by atoms with E-state index < -0.39 is 0 Å². The highest BCUT2D eigenvalue weighted by atomic mass is 79.9. The topological polar surface area (TPSA) is 53.3 Å². The number of carbonyl (C=O) groups is 1. The second kappa shape index (κ2) is 7.74. The highest BCUT2D eigenvalue weighted by Gasteiger charge is 2.09. The second-order valence-corrected chi connectivity index (χ2v) is 4.75. The summed E-state index contributed by atoms with van der Waals surface area (Å²) in [6.07, 6.45) is 0.526. The van der Waals surface area contributed by atoms with Gasteiger partial charge in [0.2, 0.25) is 5.91 Å². The number of amides is 1. The molecule has 0 atom stereocenters. The molecule has 0 fully saturated rings. The van der Waals surface area contributed by atoms with Crippen LogP contribution in [-0.4, -0.2) is 31.0 Å². The molecule has 6 heteroatoms. The van der Waals surface area contributed by atoms with Crippen LogP contribution in [0.2, 0.25) is 0 Å². The first-order valence-electron chi connectivity index (χ1n) is 5.73. The van der Waals surface area contributed by atoms with Gasteiger partial charge in [-0.05, 0) is 34.1 Å². The Balaban J connectivity index is 2.38. The Bertz CT molecular complexity index is 488. The zero-order valence-electron chi connectivity index (χ0n) is 10.5. The average Bonchev–Trinajstić information content (AvgIpc) is 2.38. The summed E-state index contributed by atoms with van der Waals surface area (Å²) in [5, 5.41) is 8.43. The molecular weight excluding hydrogens is 315 g/mol. The van der Waals surface area contributed by atoms with Gasteiger partial charge in [0, 0.05) is 13.6 Å². The number of rotatable bonds is 6. The summed E-state index contributed by atoms with van der Waals surface area (Å²) in [6.45, 7) is 0.621. The number of ether oxygens (including phenoxy) is 1. The fourth-order valence-corrected chi connectivity index (χ4v) is 1.84. The van der Waals surface area contributed by atoms with Crippen LogP contribution in [0.4, 0.5) is 4.39 Å². The van der Waals surface area contributed by atoms with Crippen molar-refractivity contribution < 1.29 is 13.9 Å². The third kappa shape index (κ3) is 5.26. The van der Waals surface area contributed by atoms with Crippen LogP contribution < -0.4 is 4.74 Å². The van der Waals surface area contributed by atoms with Crippen LogP contribution in [0.15, 0.2) is 22.7 Å². The van der Waals surface area contributed by atoms with Crippen LogP contribution in [0.5, 0.6) is 5.75 Å². The summed E-state index contributed by atoms with van der Waals surface area (Å²) >= 11 is 3.18. The Kier molecular flexibility index (Phi) is 6.30. The summed E-state index contributed by atoms with van der Waals surface area (Å²) in [7, 11) is 1.65. The van der Waals surface area contributed by atoms with Gasteiger partial charge in [-0.3, -0.25) is 4.79 Å². The lowest BCUT2D eigenvalue weighted by Gasteiger charge is -2.15. The maximum Gasteiger partial charge on any atom is 0.225 e. The maximum absolute atomic E-state index is 12.8. The van der Waals surface area contributed by atoms with Crippen LogP contribution in [0.1, 0.15) is 12.8 Å². The van der Waals surface area contributed by atoms with E-state index in [4.69, 9.17) is 10.00 Å². The zero-order valence-corrected chi connectivity index (χ0v) is 12.1. The third-order valence-electron chi connectivity index (χ3n) is 2.45. The van der Waals surface area contributed by atoms with Gasteiger partial charge in [-0.1, -0.05) is 0 Å². The van der Waals surface area contributed by atoms with Crippen LogP contribution in [-0.2, 0) is 4.79 Å². The highest BCUT2D eigenvalue weighted by Crippen LogP contribution is 2.25. The highest BCUT2D eigenvalue weighted by molar-refractivity contribution is 9.10. The molecule has 0 heterocycles. The van der Waals surface area contributed by atoms with Crippen molar-refractivity contribution in [3.63, 3.8) is 0 Å². The molecule has 0 N–H and O–H groups in total. The van der Waals surface area contributed by atoms with Gasteiger partial charge >= 0.3 is 0 Å². The van der Waals surface area contributed by atoms with Crippen LogP contribution in [0.3, 0.4) is 0 Å². The van der Waals surface area contributed by atoms with Gasteiger partial charge in [-0.2, -0.15) is 5.26 Å². The Hall–Kier alpha value is -1.61. The first-order chi connectivity index (χ1) is 9.04. The van der Waals surface area contributed by atoms with E-state index in [0.29, 0.717) is 23.2 Å². The Morgan fingerprint density at radius 3 is 2.95 bits per heavy atom. The Labute approximate surface area is 119 Å². The van der Waals surface area contributed by atoms with Gasteiger partial charge in [0.05, 0.1) is 30.0 Å². The number of nitriles is 1. The monoisotopic (exact) mass is 328 g/mol. The predicted octanol–water partition coefficient (Wildman–Crippen LogP) is 2.73. The summed E-state index contributed by atoms with van der Waals surface area (Å²) in [5.74, 6) is 0.0499. The summed E-state index contributed by atoms with van der Waals surface area (Å²) in [6, 6.07) is 6.08. The molecule has 0 aromatic heterocycles. The van der Waals surface area contributed by atoms with Crippen molar-refractivity contribution in [3.8, 4) is 11.8 Å². The number of halogens is 2. The molecule has 4 nitrogen and oxygen atoms in total. The molecule has 0 bridgehead atoms. The molecule has 102 valence electrons.